The number of benzene rings is 1. The summed E-state index contributed by atoms with van der Waals surface area (Å²) >= 11 is 3.62. The van der Waals surface area contributed by atoms with E-state index in [0.717, 1.165) is 0 Å². The second-order valence-corrected chi connectivity index (χ2v) is 15.5. The number of guanidine groups is 1. The van der Waals surface area contributed by atoms with Gasteiger partial charge in [0.05, 0.1) is 37.7 Å². The molecule has 3 rings (SSSR count). The van der Waals surface area contributed by atoms with Gasteiger partial charge in [-0.1, -0.05) is 0 Å². The number of anilines is 2. The number of nitrogens with two attached hydrogens (primary N) is 3. The molecule has 3 aromatic rings. The lowest BCUT2D eigenvalue weighted by Gasteiger charge is -2.25. The number of aromatic amines is 1. The molecule has 0 fully saturated rings. The molecule has 0 aliphatic rings. The summed E-state index contributed by atoms with van der Waals surface area (Å²) in [6.45, 7) is -0.0868. The lowest BCUT2D eigenvalue weighted by atomic mass is 10.1. The van der Waals surface area contributed by atoms with Crippen molar-refractivity contribution < 1.29 is 78.3 Å². The first kappa shape index (κ1) is 57.9. The van der Waals surface area contributed by atoms with Gasteiger partial charge in [0, 0.05) is 24.2 Å². The highest BCUT2D eigenvalue weighted by atomic mass is 32.1. The Labute approximate surface area is 414 Å². The Hall–Kier alpha value is -9.43. The molecule has 6 amide bonds. The highest BCUT2D eigenvalue weighted by Gasteiger charge is 2.34. The molecule has 0 aliphatic heterocycles. The summed E-state index contributed by atoms with van der Waals surface area (Å²) < 4.78 is 0. The number of hydrogen-bond acceptors (Lipinski definition) is 19. The number of amides is 6. The Balaban J connectivity index is 1.71. The molecule has 0 bridgehead atoms. The smallest absolute Gasteiger partial charge is 0.352 e. The van der Waals surface area contributed by atoms with Crippen LogP contribution in [0.15, 0.2) is 51.4 Å². The molecular weight excluding hydrogens is 995 g/mol. The molecule has 73 heavy (non-hydrogen) atoms. The van der Waals surface area contributed by atoms with Crippen LogP contribution in [-0.4, -0.2) is 153 Å². The van der Waals surface area contributed by atoms with E-state index in [2.05, 4.69) is 58.8 Å². The highest BCUT2D eigenvalue weighted by molar-refractivity contribution is 7.83. The standard InChI is InChI=1S/C40H49N15O17S/c41-39(42)44-9-1-2-19(32(64)51-22(11-27(59)60)34(66)52-23(12-28(61)62)35(67)53-24(15-73)38(71)72)49-33(65)21(10-26(57)58)48-25(56)8-7-20(37(69)70)50-31(63)16-3-5-17(6-4-16)45-13-18-14-46-30-29(47-18)36(68)55-40(43)54-30/h3-6,14-15,19-23,45,73H,1-2,7-13H2,(H,48,56)(H,49,65)(H,50,63)(H,51,64)(H,52,66)(H,53,67)(H,57,58)(H,59,60)(H,61,62)(H,69,70)(H,71,72)(H4,41,42,44)(H3,43,46,54,55,68)/b24-15+/t19-,20-,21-,22-,23-/m1/s1. The summed E-state index contributed by atoms with van der Waals surface area (Å²) in [5.74, 6) is -16.3. The van der Waals surface area contributed by atoms with Crippen LogP contribution in [-0.2, 0) is 54.5 Å². The molecule has 0 spiro atoms. The van der Waals surface area contributed by atoms with Crippen molar-refractivity contribution >= 4 is 107 Å². The predicted molar refractivity (Wildman–Crippen MR) is 251 cm³/mol. The van der Waals surface area contributed by atoms with Gasteiger partial charge in [-0.05, 0) is 48.9 Å². The normalized spacial score (nSPS) is 13.0. The van der Waals surface area contributed by atoms with Gasteiger partial charge in [0.2, 0.25) is 35.5 Å². The number of rotatable bonds is 29. The van der Waals surface area contributed by atoms with E-state index in [4.69, 9.17) is 17.2 Å². The van der Waals surface area contributed by atoms with Crippen LogP contribution in [0.2, 0.25) is 0 Å². The molecule has 2 heterocycles. The Bertz CT molecular complexity index is 2730. The number of aromatic nitrogens is 4. The average Bonchev–Trinajstić information content (AvgIpc) is 3.30. The molecular formula is C40H49N15O17S. The van der Waals surface area contributed by atoms with Crippen LogP contribution in [0.3, 0.4) is 0 Å². The van der Waals surface area contributed by atoms with Crippen molar-refractivity contribution in [2.45, 2.75) is 81.7 Å². The molecule has 19 N–H and O–H groups in total. The first-order chi connectivity index (χ1) is 34.4. The average molecular weight is 1040 g/mol. The van der Waals surface area contributed by atoms with Crippen molar-refractivity contribution in [3.8, 4) is 0 Å². The van der Waals surface area contributed by atoms with E-state index in [1.54, 1.807) is 0 Å². The van der Waals surface area contributed by atoms with Gasteiger partial charge in [0.1, 0.15) is 35.9 Å². The number of carbonyl (C=O) groups is 11. The third-order valence-corrected chi connectivity index (χ3v) is 9.88. The minimum Gasteiger partial charge on any atom is -0.481 e. The van der Waals surface area contributed by atoms with Crippen LogP contribution in [0, 0.1) is 0 Å². The number of nitrogen functional groups attached to an aromatic ring is 1. The van der Waals surface area contributed by atoms with E-state index < -0.39 is 145 Å². The number of hydrogen-bond donors (Lipinski definition) is 17. The summed E-state index contributed by atoms with van der Waals surface area (Å²) in [5, 5.41) is 63.4. The Morgan fingerprint density at radius 3 is 1.79 bits per heavy atom. The SMILES string of the molecule is NC(N)=NCCC[C@@H](NC(=O)[C@@H](CC(=O)O)NC(=O)CC[C@@H](NC(=O)c1ccc(NCc2cnc3nc(N)[nH]c(=O)c3n2)cc1)C(=O)O)C(=O)N[C@H](CC(=O)O)C(=O)N[C@H](CC(=O)O)C(=O)N/C(=C/S)C(=O)O. The minimum atomic E-state index is -2.11. The molecule has 33 heteroatoms. The summed E-state index contributed by atoms with van der Waals surface area (Å²) in [6.07, 6.45) is -3.95. The molecule has 392 valence electrons. The maximum absolute atomic E-state index is 13.7. The second-order valence-electron chi connectivity index (χ2n) is 15.2. The number of carboxylic acid groups (broad SMARTS) is 5. The van der Waals surface area contributed by atoms with Gasteiger partial charge >= 0.3 is 29.8 Å². The number of nitrogens with zero attached hydrogens (tertiary/aromatic N) is 4. The monoisotopic (exact) mass is 1040 g/mol. The van der Waals surface area contributed by atoms with Crippen molar-refractivity contribution in [2.75, 3.05) is 17.6 Å². The van der Waals surface area contributed by atoms with Crippen molar-refractivity contribution in [3.63, 3.8) is 0 Å². The van der Waals surface area contributed by atoms with Crippen molar-refractivity contribution in [3.05, 3.63) is 63.2 Å². The van der Waals surface area contributed by atoms with Crippen LogP contribution in [0.25, 0.3) is 11.2 Å². The molecule has 2 aromatic heterocycles. The van der Waals surface area contributed by atoms with Crippen molar-refractivity contribution in [1.82, 2.24) is 51.8 Å². The maximum Gasteiger partial charge on any atom is 0.352 e. The number of carboxylic acids is 5. The Morgan fingerprint density at radius 1 is 0.712 bits per heavy atom. The van der Waals surface area contributed by atoms with Gasteiger partial charge in [-0.3, -0.25) is 57.9 Å². The Kier molecular flexibility index (Phi) is 21.9. The van der Waals surface area contributed by atoms with Crippen molar-refractivity contribution in [2.24, 2.45) is 16.5 Å². The number of H-pyrrole nitrogens is 1. The third kappa shape index (κ3) is 19.5. The van der Waals surface area contributed by atoms with Crippen LogP contribution in [0.4, 0.5) is 11.6 Å². The second kappa shape index (κ2) is 27.7. The van der Waals surface area contributed by atoms with Crippen LogP contribution in [0.5, 0.6) is 0 Å². The van der Waals surface area contributed by atoms with Gasteiger partial charge in [0.15, 0.2) is 17.1 Å². The fourth-order valence-electron chi connectivity index (χ4n) is 6.13. The fraction of sp³-hybridized carbons (Fsp3) is 0.350. The summed E-state index contributed by atoms with van der Waals surface area (Å²) in [5.41, 5.74) is 15.6. The molecule has 5 atom stereocenters. The zero-order valence-corrected chi connectivity index (χ0v) is 38.7. The minimum absolute atomic E-state index is 0.00428. The lowest BCUT2D eigenvalue weighted by molar-refractivity contribution is -0.143. The van der Waals surface area contributed by atoms with Crippen LogP contribution in [0.1, 0.15) is 61.0 Å². The van der Waals surface area contributed by atoms with E-state index in [9.17, 15) is 83.1 Å². The zero-order valence-electron chi connectivity index (χ0n) is 37.8. The van der Waals surface area contributed by atoms with E-state index in [1.165, 1.54) is 30.5 Å². The number of fused-ring (bicyclic) bond motifs is 1. The van der Waals surface area contributed by atoms with E-state index >= 15 is 0 Å². The number of thiol groups is 1. The molecule has 0 saturated heterocycles. The molecule has 0 aliphatic carbocycles. The largest absolute Gasteiger partial charge is 0.481 e. The number of aliphatic carboxylic acids is 5. The van der Waals surface area contributed by atoms with Crippen molar-refractivity contribution in [1.29, 1.82) is 0 Å². The highest BCUT2D eigenvalue weighted by Crippen LogP contribution is 2.13. The third-order valence-electron chi connectivity index (χ3n) is 9.62. The van der Waals surface area contributed by atoms with Gasteiger partial charge in [-0.2, -0.15) is 4.98 Å². The molecule has 0 saturated carbocycles. The number of aliphatic imine (C=N–C) groups is 1. The van der Waals surface area contributed by atoms with Gasteiger partial charge in [0.25, 0.3) is 11.5 Å². The van der Waals surface area contributed by atoms with E-state index in [1.807, 2.05) is 16.0 Å². The predicted octanol–water partition coefficient (Wildman–Crippen LogP) is -4.74. The maximum atomic E-state index is 13.7. The first-order valence-electron chi connectivity index (χ1n) is 21.1. The molecule has 32 nitrogen and oxygen atoms in total. The Morgan fingerprint density at radius 2 is 1.26 bits per heavy atom. The lowest BCUT2D eigenvalue weighted by Crippen LogP contribution is -2.59. The zero-order chi connectivity index (χ0) is 54.5. The van der Waals surface area contributed by atoms with Crippen LogP contribution >= 0.6 is 12.6 Å². The topological polar surface area (TPSA) is 535 Å². The number of nitrogens with one attached hydrogen (secondary N) is 8. The van der Waals surface area contributed by atoms with Gasteiger partial charge < -0.3 is 80.0 Å². The van der Waals surface area contributed by atoms with E-state index in [0.29, 0.717) is 16.8 Å². The van der Waals surface area contributed by atoms with Crippen LogP contribution < -0.4 is 60.0 Å². The fourth-order valence-corrected chi connectivity index (χ4v) is 6.31. The summed E-state index contributed by atoms with van der Waals surface area (Å²) in [7, 11) is 0. The van der Waals surface area contributed by atoms with Gasteiger partial charge in [-0.15, -0.1) is 12.6 Å². The summed E-state index contributed by atoms with van der Waals surface area (Å²) in [4.78, 5) is 168. The van der Waals surface area contributed by atoms with E-state index in [-0.39, 0.29) is 48.1 Å². The molecule has 1 aromatic carbocycles. The molecule has 0 radical (unpaired) electrons. The van der Waals surface area contributed by atoms with Gasteiger partial charge in [-0.25, -0.2) is 19.6 Å². The summed E-state index contributed by atoms with van der Waals surface area (Å²) in [6, 6.07) is -3.96. The number of carbonyl (C=O) groups excluding carboxylic acids is 6. The quantitative estimate of drug-likeness (QED) is 0.0102. The first-order valence-corrected chi connectivity index (χ1v) is 21.6. The molecule has 0 unspecified atom stereocenters.